The van der Waals surface area contributed by atoms with Gasteiger partial charge in [-0.25, -0.2) is 8.42 Å². The molecule has 2 amide bonds. The van der Waals surface area contributed by atoms with Crippen molar-refractivity contribution in [3.8, 4) is 0 Å². The van der Waals surface area contributed by atoms with Crippen molar-refractivity contribution in [2.45, 2.75) is 51.1 Å². The molecular formula is C36H40ClN3O4S. The van der Waals surface area contributed by atoms with Crippen molar-refractivity contribution >= 4 is 39.1 Å². The number of benzene rings is 4. The Morgan fingerprint density at radius 2 is 1.40 bits per heavy atom. The molecule has 4 aromatic carbocycles. The third-order valence-corrected chi connectivity index (χ3v) is 9.65. The molecule has 45 heavy (non-hydrogen) atoms. The van der Waals surface area contributed by atoms with E-state index in [1.807, 2.05) is 69.3 Å². The number of halogens is 1. The Kier molecular flexibility index (Phi) is 11.8. The second-order valence-corrected chi connectivity index (χ2v) is 13.6. The molecule has 1 atom stereocenters. The quantitative estimate of drug-likeness (QED) is 0.169. The molecule has 236 valence electrons. The van der Waals surface area contributed by atoms with E-state index in [2.05, 4.69) is 5.32 Å². The van der Waals surface area contributed by atoms with Crippen LogP contribution in [0.25, 0.3) is 0 Å². The summed E-state index contributed by atoms with van der Waals surface area (Å²) in [6.45, 7) is 5.93. The average molecular weight is 646 g/mol. The summed E-state index contributed by atoms with van der Waals surface area (Å²) in [6, 6.07) is 30.8. The molecule has 4 aromatic rings. The van der Waals surface area contributed by atoms with Crippen LogP contribution in [-0.2, 0) is 39.0 Å². The molecule has 0 saturated heterocycles. The number of anilines is 1. The van der Waals surface area contributed by atoms with Crippen molar-refractivity contribution < 1.29 is 18.0 Å². The van der Waals surface area contributed by atoms with Gasteiger partial charge in [0.2, 0.25) is 11.8 Å². The lowest BCUT2D eigenvalue weighted by molar-refractivity contribution is -0.140. The van der Waals surface area contributed by atoms with Gasteiger partial charge >= 0.3 is 0 Å². The molecule has 0 spiro atoms. The Bertz CT molecular complexity index is 1660. The molecular weight excluding hydrogens is 606 g/mol. The third kappa shape index (κ3) is 8.96. The highest BCUT2D eigenvalue weighted by atomic mass is 35.5. The first-order valence-corrected chi connectivity index (χ1v) is 16.9. The molecule has 0 aliphatic heterocycles. The molecule has 0 fully saturated rings. The summed E-state index contributed by atoms with van der Waals surface area (Å²) in [7, 11) is -4.15. The number of hydrogen-bond donors (Lipinski definition) is 1. The highest BCUT2D eigenvalue weighted by molar-refractivity contribution is 7.92. The first-order valence-electron chi connectivity index (χ1n) is 15.1. The topological polar surface area (TPSA) is 86.8 Å². The first-order chi connectivity index (χ1) is 21.6. The van der Waals surface area contributed by atoms with E-state index in [0.717, 1.165) is 21.9 Å². The Morgan fingerprint density at radius 1 is 0.800 bits per heavy atom. The number of sulfonamides is 1. The van der Waals surface area contributed by atoms with Gasteiger partial charge in [-0.3, -0.25) is 13.9 Å². The molecule has 0 bridgehead atoms. The number of rotatable bonds is 14. The van der Waals surface area contributed by atoms with E-state index in [-0.39, 0.29) is 29.7 Å². The van der Waals surface area contributed by atoms with E-state index >= 15 is 0 Å². The lowest BCUT2D eigenvalue weighted by Gasteiger charge is -2.34. The molecule has 0 radical (unpaired) electrons. The predicted molar refractivity (Wildman–Crippen MR) is 181 cm³/mol. The Balaban J connectivity index is 1.80. The summed E-state index contributed by atoms with van der Waals surface area (Å²) in [6.07, 6.45) is 1.01. The van der Waals surface area contributed by atoms with Crippen LogP contribution in [0.4, 0.5) is 5.69 Å². The minimum absolute atomic E-state index is 0.0130. The predicted octanol–water partition coefficient (Wildman–Crippen LogP) is 6.51. The molecule has 0 heterocycles. The van der Waals surface area contributed by atoms with Crippen molar-refractivity contribution in [3.63, 3.8) is 0 Å². The van der Waals surface area contributed by atoms with Crippen LogP contribution in [0.1, 0.15) is 37.5 Å². The number of aryl methyl sites for hydroxylation is 1. The maximum atomic E-state index is 14.5. The van der Waals surface area contributed by atoms with Crippen LogP contribution in [0.15, 0.2) is 114 Å². The van der Waals surface area contributed by atoms with Crippen molar-refractivity contribution in [2.24, 2.45) is 5.92 Å². The van der Waals surface area contributed by atoms with Gasteiger partial charge in [-0.2, -0.15) is 0 Å². The van der Waals surface area contributed by atoms with Crippen LogP contribution >= 0.6 is 11.6 Å². The monoisotopic (exact) mass is 645 g/mol. The van der Waals surface area contributed by atoms with E-state index in [1.165, 1.54) is 17.0 Å². The zero-order valence-electron chi connectivity index (χ0n) is 25.9. The van der Waals surface area contributed by atoms with Crippen molar-refractivity contribution in [2.75, 3.05) is 17.4 Å². The highest BCUT2D eigenvalue weighted by Crippen LogP contribution is 2.26. The first kappa shape index (κ1) is 33.7. The molecule has 0 aliphatic carbocycles. The third-order valence-electron chi connectivity index (χ3n) is 7.50. The Labute approximate surface area is 271 Å². The normalized spacial score (nSPS) is 12.0. The van der Waals surface area contributed by atoms with Crippen molar-refractivity contribution in [1.82, 2.24) is 10.2 Å². The Morgan fingerprint density at radius 3 is 2.00 bits per heavy atom. The fourth-order valence-corrected chi connectivity index (χ4v) is 6.56. The van der Waals surface area contributed by atoms with Gasteiger partial charge in [0.15, 0.2) is 0 Å². The van der Waals surface area contributed by atoms with Gasteiger partial charge in [0.25, 0.3) is 10.0 Å². The van der Waals surface area contributed by atoms with E-state index in [0.29, 0.717) is 22.8 Å². The summed E-state index contributed by atoms with van der Waals surface area (Å²) in [5, 5.41) is 3.44. The van der Waals surface area contributed by atoms with E-state index in [1.54, 1.807) is 48.5 Å². The molecule has 7 nitrogen and oxygen atoms in total. The molecule has 0 aromatic heterocycles. The number of nitrogens with one attached hydrogen (secondary N) is 1. The van der Waals surface area contributed by atoms with E-state index in [4.69, 9.17) is 11.6 Å². The molecule has 9 heteroatoms. The van der Waals surface area contributed by atoms with Gasteiger partial charge < -0.3 is 10.2 Å². The van der Waals surface area contributed by atoms with E-state index < -0.39 is 28.5 Å². The van der Waals surface area contributed by atoms with Gasteiger partial charge in [-0.1, -0.05) is 111 Å². The van der Waals surface area contributed by atoms with Crippen LogP contribution < -0.4 is 9.62 Å². The highest BCUT2D eigenvalue weighted by Gasteiger charge is 2.35. The zero-order valence-corrected chi connectivity index (χ0v) is 27.5. The molecule has 1 unspecified atom stereocenters. The molecule has 4 rings (SSSR count). The van der Waals surface area contributed by atoms with Gasteiger partial charge in [-0.05, 0) is 59.4 Å². The fraction of sp³-hybridized carbons (Fsp3) is 0.278. The maximum absolute atomic E-state index is 14.5. The molecule has 0 saturated carbocycles. The number of hydrogen-bond acceptors (Lipinski definition) is 4. The van der Waals surface area contributed by atoms with Crippen LogP contribution in [0, 0.1) is 5.92 Å². The number of nitrogens with zero attached hydrogens (tertiary/aromatic N) is 2. The van der Waals surface area contributed by atoms with Crippen LogP contribution in [0.2, 0.25) is 5.02 Å². The second-order valence-electron chi connectivity index (χ2n) is 11.3. The Hall–Kier alpha value is -4.14. The summed E-state index contributed by atoms with van der Waals surface area (Å²) < 4.78 is 29.3. The van der Waals surface area contributed by atoms with Crippen LogP contribution in [0.5, 0.6) is 0 Å². The van der Waals surface area contributed by atoms with Gasteiger partial charge in [-0.15, -0.1) is 0 Å². The lowest BCUT2D eigenvalue weighted by atomic mass is 10.0. The summed E-state index contributed by atoms with van der Waals surface area (Å²) in [5.41, 5.74) is 2.90. The van der Waals surface area contributed by atoms with Crippen molar-refractivity contribution in [1.29, 1.82) is 0 Å². The van der Waals surface area contributed by atoms with Crippen LogP contribution in [-0.4, -0.2) is 44.3 Å². The molecule has 1 N–H and O–H groups in total. The molecule has 0 aliphatic rings. The van der Waals surface area contributed by atoms with Gasteiger partial charge in [0, 0.05) is 24.5 Å². The number of amides is 2. The average Bonchev–Trinajstić information content (AvgIpc) is 3.05. The van der Waals surface area contributed by atoms with Gasteiger partial charge in [0.05, 0.1) is 10.6 Å². The van der Waals surface area contributed by atoms with Gasteiger partial charge in [0.1, 0.15) is 12.6 Å². The number of carbonyl (C=O) groups excluding carboxylic acids is 2. The minimum atomic E-state index is -4.15. The summed E-state index contributed by atoms with van der Waals surface area (Å²) in [4.78, 5) is 29.9. The van der Waals surface area contributed by atoms with Crippen molar-refractivity contribution in [3.05, 3.63) is 131 Å². The largest absolute Gasteiger partial charge is 0.354 e. The summed E-state index contributed by atoms with van der Waals surface area (Å²) >= 11 is 6.56. The lowest BCUT2D eigenvalue weighted by Crippen LogP contribution is -2.53. The fourth-order valence-electron chi connectivity index (χ4n) is 4.93. The smallest absolute Gasteiger partial charge is 0.264 e. The standard InChI is InChI=1S/C36H40ClN3O4S/c1-4-28-19-21-31(22-20-28)40(45(43,44)32-16-9-6-10-17-32)26-35(41)39(25-30-15-11-12-18-33(30)37)34(36(42)38-24-27(2)3)23-29-13-7-5-8-14-29/h5-22,27,34H,4,23-26H2,1-3H3,(H,38,42). The SMILES string of the molecule is CCc1ccc(N(CC(=O)N(Cc2ccccc2Cl)C(Cc2ccccc2)C(=O)NCC(C)C)S(=O)(=O)c2ccccc2)cc1. The maximum Gasteiger partial charge on any atom is 0.264 e. The van der Waals surface area contributed by atoms with E-state index in [9.17, 15) is 18.0 Å². The number of carbonyl (C=O) groups is 2. The van der Waals surface area contributed by atoms with Crippen LogP contribution in [0.3, 0.4) is 0 Å². The summed E-state index contributed by atoms with van der Waals surface area (Å²) in [5.74, 6) is -0.663. The minimum Gasteiger partial charge on any atom is -0.354 e. The second kappa shape index (κ2) is 15.7. The zero-order chi connectivity index (χ0) is 32.4.